The molecular weight excluding hydrogens is 114 g/mol. The lowest BCUT2D eigenvalue weighted by Crippen LogP contribution is -1.99. The predicted octanol–water partition coefficient (Wildman–Crippen LogP) is 1.71. The van der Waals surface area contributed by atoms with Crippen LogP contribution in [0.3, 0.4) is 0 Å². The van der Waals surface area contributed by atoms with Crippen LogP contribution in [0.15, 0.2) is 4.99 Å². The molecule has 0 atom stereocenters. The molecule has 0 amide bonds. The van der Waals surface area contributed by atoms with Crippen molar-refractivity contribution in [2.24, 2.45) is 10.9 Å². The van der Waals surface area contributed by atoms with E-state index in [0.29, 0.717) is 5.92 Å². The number of aliphatic imine (C=N–C) groups is 1. The largest absolute Gasteiger partial charge is 0.483 e. The molecule has 0 spiro atoms. The number of hydrogen-bond donors (Lipinski definition) is 0. The molecule has 2 nitrogen and oxygen atoms in total. The molecule has 0 saturated carbocycles. The van der Waals surface area contributed by atoms with Crippen molar-refractivity contribution in [2.45, 2.75) is 20.8 Å². The number of rotatable bonds is 4. The second kappa shape index (κ2) is 5.60. The van der Waals surface area contributed by atoms with Gasteiger partial charge in [-0.3, -0.25) is 4.99 Å². The normalized spacial score (nSPS) is 11.1. The number of hydrogen-bond acceptors (Lipinski definition) is 2. The number of ether oxygens (including phenoxy) is 1. The molecule has 0 bridgehead atoms. The Labute approximate surface area is 56.9 Å². The highest BCUT2D eigenvalue weighted by Gasteiger charge is 1.88. The van der Waals surface area contributed by atoms with Crippen LogP contribution in [0.25, 0.3) is 0 Å². The van der Waals surface area contributed by atoms with Gasteiger partial charge in [0.25, 0.3) is 0 Å². The Balaban J connectivity index is 2.99. The van der Waals surface area contributed by atoms with Gasteiger partial charge in [0.05, 0.1) is 6.61 Å². The highest BCUT2D eigenvalue weighted by atomic mass is 16.5. The maximum atomic E-state index is 5.04. The topological polar surface area (TPSA) is 21.6 Å². The van der Waals surface area contributed by atoms with Gasteiger partial charge in [-0.1, -0.05) is 13.8 Å². The summed E-state index contributed by atoms with van der Waals surface area (Å²) in [5.74, 6) is 0.591. The van der Waals surface area contributed by atoms with Crippen molar-refractivity contribution in [3.8, 4) is 0 Å². The van der Waals surface area contributed by atoms with Crippen molar-refractivity contribution in [1.29, 1.82) is 0 Å². The molecule has 0 unspecified atom stereocenters. The molecule has 0 fully saturated rings. The Bertz CT molecular complexity index is 79.0. The minimum Gasteiger partial charge on any atom is -0.483 e. The molecule has 0 aromatic carbocycles. The van der Waals surface area contributed by atoms with Crippen molar-refractivity contribution in [2.75, 3.05) is 13.2 Å². The molecule has 54 valence electrons. The van der Waals surface area contributed by atoms with Gasteiger partial charge in [-0.25, -0.2) is 0 Å². The summed E-state index contributed by atoms with van der Waals surface area (Å²) in [6.07, 6.45) is 1.53. The van der Waals surface area contributed by atoms with Crippen LogP contribution in [-0.4, -0.2) is 19.6 Å². The Morgan fingerprint density at radius 1 is 1.56 bits per heavy atom. The molecule has 9 heavy (non-hydrogen) atoms. The zero-order chi connectivity index (χ0) is 7.11. The summed E-state index contributed by atoms with van der Waals surface area (Å²) in [5, 5.41) is 0. The van der Waals surface area contributed by atoms with Crippen molar-refractivity contribution < 1.29 is 4.74 Å². The van der Waals surface area contributed by atoms with E-state index in [1.165, 1.54) is 6.40 Å². The van der Waals surface area contributed by atoms with Gasteiger partial charge in [-0.2, -0.15) is 0 Å². The SMILES string of the molecule is CCN=COCC(C)C. The van der Waals surface area contributed by atoms with Crippen molar-refractivity contribution >= 4 is 6.40 Å². The first kappa shape index (κ1) is 8.47. The molecule has 0 rings (SSSR count). The Morgan fingerprint density at radius 3 is 2.67 bits per heavy atom. The van der Waals surface area contributed by atoms with E-state index >= 15 is 0 Å². The van der Waals surface area contributed by atoms with Gasteiger partial charge in [-0.15, -0.1) is 0 Å². The van der Waals surface area contributed by atoms with Gasteiger partial charge in [0.2, 0.25) is 0 Å². The van der Waals surface area contributed by atoms with E-state index in [2.05, 4.69) is 18.8 Å². The van der Waals surface area contributed by atoms with Gasteiger partial charge in [0.15, 0.2) is 6.40 Å². The van der Waals surface area contributed by atoms with Crippen LogP contribution in [-0.2, 0) is 4.74 Å². The molecule has 0 aliphatic rings. The van der Waals surface area contributed by atoms with Gasteiger partial charge in [0, 0.05) is 6.54 Å². The van der Waals surface area contributed by atoms with E-state index in [-0.39, 0.29) is 0 Å². The summed E-state index contributed by atoms with van der Waals surface area (Å²) in [6.45, 7) is 7.77. The monoisotopic (exact) mass is 129 g/mol. The average molecular weight is 129 g/mol. The van der Waals surface area contributed by atoms with Crippen LogP contribution in [0.4, 0.5) is 0 Å². The molecule has 0 saturated heterocycles. The molecule has 2 heteroatoms. The summed E-state index contributed by atoms with van der Waals surface area (Å²) in [7, 11) is 0. The molecule has 0 aromatic heterocycles. The minimum absolute atomic E-state index is 0.591. The second-order valence-electron chi connectivity index (χ2n) is 2.33. The summed E-state index contributed by atoms with van der Waals surface area (Å²) >= 11 is 0. The lowest BCUT2D eigenvalue weighted by Gasteiger charge is -2.01. The van der Waals surface area contributed by atoms with Crippen LogP contribution in [0.1, 0.15) is 20.8 Å². The maximum Gasteiger partial charge on any atom is 0.169 e. The van der Waals surface area contributed by atoms with E-state index in [9.17, 15) is 0 Å². The first-order valence-corrected chi connectivity index (χ1v) is 3.37. The van der Waals surface area contributed by atoms with E-state index in [1.54, 1.807) is 0 Å². The predicted molar refractivity (Wildman–Crippen MR) is 39.8 cm³/mol. The summed E-state index contributed by atoms with van der Waals surface area (Å²) in [6, 6.07) is 0. The minimum atomic E-state index is 0.591. The third kappa shape index (κ3) is 7.47. The van der Waals surface area contributed by atoms with Crippen LogP contribution >= 0.6 is 0 Å². The number of nitrogens with zero attached hydrogens (tertiary/aromatic N) is 1. The van der Waals surface area contributed by atoms with Crippen molar-refractivity contribution in [3.05, 3.63) is 0 Å². The standard InChI is InChI=1S/C7H15NO/c1-4-8-6-9-5-7(2)3/h6-7H,4-5H2,1-3H3. The molecule has 0 heterocycles. The Morgan fingerprint density at radius 2 is 2.22 bits per heavy atom. The van der Waals surface area contributed by atoms with E-state index in [0.717, 1.165) is 13.2 Å². The molecule has 0 aliphatic carbocycles. The Kier molecular flexibility index (Phi) is 5.27. The fraction of sp³-hybridized carbons (Fsp3) is 0.857. The zero-order valence-corrected chi connectivity index (χ0v) is 6.42. The second-order valence-corrected chi connectivity index (χ2v) is 2.33. The highest BCUT2D eigenvalue weighted by molar-refractivity contribution is 5.45. The third-order valence-corrected chi connectivity index (χ3v) is 0.761. The van der Waals surface area contributed by atoms with Gasteiger partial charge in [-0.05, 0) is 12.8 Å². The average Bonchev–Trinajstić information content (AvgIpc) is 1.80. The zero-order valence-electron chi connectivity index (χ0n) is 6.42. The maximum absolute atomic E-state index is 5.04. The highest BCUT2D eigenvalue weighted by Crippen LogP contribution is 1.89. The van der Waals surface area contributed by atoms with E-state index in [4.69, 9.17) is 4.74 Å². The van der Waals surface area contributed by atoms with Crippen molar-refractivity contribution in [3.63, 3.8) is 0 Å². The first-order chi connectivity index (χ1) is 4.27. The van der Waals surface area contributed by atoms with Crippen molar-refractivity contribution in [1.82, 2.24) is 0 Å². The van der Waals surface area contributed by atoms with Gasteiger partial charge in [0.1, 0.15) is 0 Å². The summed E-state index contributed by atoms with van der Waals surface area (Å²) < 4.78 is 5.04. The molecule has 0 radical (unpaired) electrons. The molecule has 0 N–H and O–H groups in total. The quantitative estimate of drug-likeness (QED) is 0.418. The van der Waals surface area contributed by atoms with Gasteiger partial charge < -0.3 is 4.74 Å². The Hall–Kier alpha value is -0.530. The lowest BCUT2D eigenvalue weighted by atomic mass is 10.2. The first-order valence-electron chi connectivity index (χ1n) is 3.37. The van der Waals surface area contributed by atoms with Crippen LogP contribution < -0.4 is 0 Å². The van der Waals surface area contributed by atoms with Gasteiger partial charge >= 0.3 is 0 Å². The summed E-state index contributed by atoms with van der Waals surface area (Å²) in [5.41, 5.74) is 0. The molecular formula is C7H15NO. The van der Waals surface area contributed by atoms with Crippen LogP contribution in [0.2, 0.25) is 0 Å². The molecule has 0 aromatic rings. The molecule has 0 aliphatic heterocycles. The summed E-state index contributed by atoms with van der Waals surface area (Å²) in [4.78, 5) is 3.90. The van der Waals surface area contributed by atoms with E-state index in [1.807, 2.05) is 6.92 Å². The van der Waals surface area contributed by atoms with E-state index < -0.39 is 0 Å². The lowest BCUT2D eigenvalue weighted by molar-refractivity contribution is 0.270. The fourth-order valence-corrected chi connectivity index (χ4v) is 0.363. The fourth-order valence-electron chi connectivity index (χ4n) is 0.363. The third-order valence-electron chi connectivity index (χ3n) is 0.761. The smallest absolute Gasteiger partial charge is 0.169 e. The van der Waals surface area contributed by atoms with Crippen LogP contribution in [0.5, 0.6) is 0 Å². The van der Waals surface area contributed by atoms with Crippen LogP contribution in [0, 0.1) is 5.92 Å².